The van der Waals surface area contributed by atoms with Crippen LogP contribution < -0.4 is 5.32 Å². The molecule has 0 fully saturated rings. The third-order valence-corrected chi connectivity index (χ3v) is 2.32. The number of rotatable bonds is 2. The lowest BCUT2D eigenvalue weighted by molar-refractivity contribution is -0.113. The van der Waals surface area contributed by atoms with Gasteiger partial charge in [0.25, 0.3) is 0 Å². The van der Waals surface area contributed by atoms with E-state index < -0.39 is 0 Å². The van der Waals surface area contributed by atoms with E-state index in [1.807, 2.05) is 0 Å². The van der Waals surface area contributed by atoms with Crippen LogP contribution in [0.1, 0.15) is 0 Å². The molecular weight excluding hydrogens is 241 g/mol. The second-order valence-electron chi connectivity index (χ2n) is 2.74. The predicted molar refractivity (Wildman–Crippen MR) is 56.2 cm³/mol. The van der Waals surface area contributed by atoms with E-state index in [-0.39, 0.29) is 11.8 Å². The van der Waals surface area contributed by atoms with E-state index in [0.29, 0.717) is 21.7 Å². The Bertz CT molecular complexity index is 512. The predicted octanol–water partition coefficient (Wildman–Crippen LogP) is 2.05. The van der Waals surface area contributed by atoms with Crippen molar-refractivity contribution in [2.45, 2.75) is 0 Å². The van der Waals surface area contributed by atoms with Gasteiger partial charge >= 0.3 is 0 Å². The maximum absolute atomic E-state index is 11.1. The number of alkyl halides is 1. The fraction of sp³-hybridized carbons (Fsp3) is 0.125. The van der Waals surface area contributed by atoms with Crippen LogP contribution in [0.2, 0.25) is 5.02 Å². The molecule has 0 aliphatic rings. The number of hydrogen-bond donors (Lipinski definition) is 1. The molecule has 0 saturated heterocycles. The van der Waals surface area contributed by atoms with Gasteiger partial charge in [0, 0.05) is 0 Å². The molecule has 0 saturated carbocycles. The zero-order valence-electron chi connectivity index (χ0n) is 7.33. The van der Waals surface area contributed by atoms with E-state index >= 15 is 0 Å². The summed E-state index contributed by atoms with van der Waals surface area (Å²) >= 11 is 11.3. The molecule has 0 aliphatic carbocycles. The fourth-order valence-corrected chi connectivity index (χ4v) is 1.39. The molecule has 1 aromatic heterocycles. The van der Waals surface area contributed by atoms with Crippen LogP contribution in [0.25, 0.3) is 11.0 Å². The van der Waals surface area contributed by atoms with E-state index in [4.69, 9.17) is 23.2 Å². The summed E-state index contributed by atoms with van der Waals surface area (Å²) in [5, 5.41) is 10.1. The Morgan fingerprint density at radius 2 is 2.27 bits per heavy atom. The van der Waals surface area contributed by atoms with Crippen LogP contribution in [0.15, 0.2) is 16.8 Å². The molecule has 7 heteroatoms. The molecule has 1 N–H and O–H groups in total. The molecule has 2 rings (SSSR count). The number of benzene rings is 1. The van der Waals surface area contributed by atoms with E-state index in [1.165, 1.54) is 0 Å². The highest BCUT2D eigenvalue weighted by Crippen LogP contribution is 2.28. The molecule has 0 spiro atoms. The highest BCUT2D eigenvalue weighted by atomic mass is 35.5. The lowest BCUT2D eigenvalue weighted by Crippen LogP contribution is -2.13. The van der Waals surface area contributed by atoms with Crippen LogP contribution in [0, 0.1) is 0 Å². The molecule has 2 aromatic rings. The summed E-state index contributed by atoms with van der Waals surface area (Å²) in [4.78, 5) is 11.1. The number of nitrogens with zero attached hydrogens (tertiary/aromatic N) is 2. The largest absolute Gasteiger partial charge is 0.322 e. The molecule has 0 radical (unpaired) electrons. The van der Waals surface area contributed by atoms with E-state index in [0.717, 1.165) is 0 Å². The van der Waals surface area contributed by atoms with Gasteiger partial charge in [0.15, 0.2) is 5.52 Å². The van der Waals surface area contributed by atoms with E-state index in [1.54, 1.807) is 12.1 Å². The Balaban J connectivity index is 2.51. The van der Waals surface area contributed by atoms with Crippen LogP contribution in [0.5, 0.6) is 0 Å². The third-order valence-electron chi connectivity index (χ3n) is 1.76. The molecule has 1 aromatic carbocycles. The van der Waals surface area contributed by atoms with Gasteiger partial charge in [-0.15, -0.1) is 11.6 Å². The van der Waals surface area contributed by atoms with Crippen molar-refractivity contribution in [3.8, 4) is 0 Å². The normalized spacial score (nSPS) is 10.5. The number of aromatic nitrogens is 2. The zero-order chi connectivity index (χ0) is 10.8. The Morgan fingerprint density at radius 3 is 3.00 bits per heavy atom. The molecule has 78 valence electrons. The minimum absolute atomic E-state index is 0.155. The summed E-state index contributed by atoms with van der Waals surface area (Å²) in [6, 6.07) is 3.24. The molecular formula is C8H5Cl2N3O2. The van der Waals surface area contributed by atoms with Gasteiger partial charge in [0.05, 0.1) is 10.7 Å². The van der Waals surface area contributed by atoms with Gasteiger partial charge in [0.2, 0.25) is 5.91 Å². The topological polar surface area (TPSA) is 68.0 Å². The minimum Gasteiger partial charge on any atom is -0.322 e. The number of amides is 1. The Hall–Kier alpha value is -1.33. The van der Waals surface area contributed by atoms with Gasteiger partial charge < -0.3 is 5.32 Å². The van der Waals surface area contributed by atoms with E-state index in [2.05, 4.69) is 20.3 Å². The first-order valence-corrected chi connectivity index (χ1v) is 4.90. The number of nitrogens with one attached hydrogen (secondary N) is 1. The van der Waals surface area contributed by atoms with Gasteiger partial charge in [0.1, 0.15) is 11.4 Å². The zero-order valence-corrected chi connectivity index (χ0v) is 8.84. The monoisotopic (exact) mass is 245 g/mol. The second-order valence-corrected chi connectivity index (χ2v) is 3.41. The summed E-state index contributed by atoms with van der Waals surface area (Å²) in [5.74, 6) is -0.521. The number of carbonyl (C=O) groups excluding carboxylic acids is 1. The van der Waals surface area contributed by atoms with Gasteiger partial charge in [-0.25, -0.2) is 4.63 Å². The quantitative estimate of drug-likeness (QED) is 0.823. The van der Waals surface area contributed by atoms with Crippen molar-refractivity contribution >= 4 is 45.8 Å². The van der Waals surface area contributed by atoms with Crippen LogP contribution in [0.4, 0.5) is 5.69 Å². The van der Waals surface area contributed by atoms with Crippen LogP contribution in [-0.4, -0.2) is 22.1 Å². The van der Waals surface area contributed by atoms with Crippen LogP contribution in [-0.2, 0) is 4.79 Å². The summed E-state index contributed by atoms with van der Waals surface area (Å²) < 4.78 is 4.53. The van der Waals surface area contributed by atoms with Crippen molar-refractivity contribution in [3.63, 3.8) is 0 Å². The highest BCUT2D eigenvalue weighted by molar-refractivity contribution is 6.36. The maximum Gasteiger partial charge on any atom is 0.239 e. The molecule has 0 bridgehead atoms. The van der Waals surface area contributed by atoms with Crippen molar-refractivity contribution in [1.29, 1.82) is 0 Å². The highest BCUT2D eigenvalue weighted by Gasteiger charge is 2.12. The van der Waals surface area contributed by atoms with Crippen molar-refractivity contribution in [2.75, 3.05) is 11.2 Å². The maximum atomic E-state index is 11.1. The van der Waals surface area contributed by atoms with Gasteiger partial charge in [-0.1, -0.05) is 11.6 Å². The standard InChI is InChI=1S/C8H5Cl2N3O2/c9-3-6(14)11-7-4(10)1-2-5-8(7)13-15-12-5/h1-2H,3H2,(H,11,14). The summed E-state index contributed by atoms with van der Waals surface area (Å²) in [7, 11) is 0. The molecule has 15 heavy (non-hydrogen) atoms. The first kappa shape index (κ1) is 10.2. The number of hydrogen-bond acceptors (Lipinski definition) is 4. The van der Waals surface area contributed by atoms with Crippen molar-refractivity contribution in [2.24, 2.45) is 0 Å². The molecule has 0 unspecified atom stereocenters. The third kappa shape index (κ3) is 1.88. The van der Waals surface area contributed by atoms with Crippen molar-refractivity contribution in [3.05, 3.63) is 17.2 Å². The Kier molecular flexibility index (Phi) is 2.75. The molecule has 0 atom stereocenters. The molecule has 0 aliphatic heterocycles. The lowest BCUT2D eigenvalue weighted by atomic mass is 10.2. The SMILES string of the molecule is O=C(CCl)Nc1c(Cl)ccc2nonc12. The summed E-state index contributed by atoms with van der Waals surface area (Å²) in [5.41, 5.74) is 1.28. The first-order chi connectivity index (χ1) is 7.22. The number of carbonyl (C=O) groups is 1. The smallest absolute Gasteiger partial charge is 0.239 e. The fourth-order valence-electron chi connectivity index (χ4n) is 1.12. The van der Waals surface area contributed by atoms with Crippen molar-refractivity contribution < 1.29 is 9.42 Å². The van der Waals surface area contributed by atoms with Gasteiger partial charge in [-0.3, -0.25) is 4.79 Å². The van der Waals surface area contributed by atoms with Gasteiger partial charge in [-0.2, -0.15) is 0 Å². The number of anilines is 1. The molecule has 5 nitrogen and oxygen atoms in total. The average molecular weight is 246 g/mol. The van der Waals surface area contributed by atoms with E-state index in [9.17, 15) is 4.79 Å². The average Bonchev–Trinajstić information content (AvgIpc) is 2.70. The number of halogens is 2. The first-order valence-electron chi connectivity index (χ1n) is 3.99. The molecule has 1 amide bonds. The lowest BCUT2D eigenvalue weighted by Gasteiger charge is -2.04. The summed E-state index contributed by atoms with van der Waals surface area (Å²) in [6.07, 6.45) is 0. The van der Waals surface area contributed by atoms with Gasteiger partial charge in [-0.05, 0) is 22.4 Å². The van der Waals surface area contributed by atoms with Crippen LogP contribution >= 0.6 is 23.2 Å². The number of fused-ring (bicyclic) bond motifs is 1. The minimum atomic E-state index is -0.367. The second kappa shape index (κ2) is 4.04. The Morgan fingerprint density at radius 1 is 1.47 bits per heavy atom. The molecule has 1 heterocycles. The summed E-state index contributed by atoms with van der Waals surface area (Å²) in [6.45, 7) is 0. The van der Waals surface area contributed by atoms with Crippen molar-refractivity contribution in [1.82, 2.24) is 10.3 Å². The van der Waals surface area contributed by atoms with Crippen LogP contribution in [0.3, 0.4) is 0 Å². The Labute approximate surface area is 94.3 Å².